The number of carboxylic acids is 1. The first-order chi connectivity index (χ1) is 6.27. The second-order valence-corrected chi connectivity index (χ2v) is 3.51. The van der Waals surface area contributed by atoms with E-state index in [2.05, 4.69) is 4.98 Å². The van der Waals surface area contributed by atoms with E-state index in [0.717, 1.165) is 18.4 Å². The highest BCUT2D eigenvalue weighted by Crippen LogP contribution is 2.40. The van der Waals surface area contributed by atoms with Crippen LogP contribution in [0.1, 0.15) is 12.0 Å². The van der Waals surface area contributed by atoms with E-state index < -0.39 is 5.97 Å². The molecule has 0 aliphatic heterocycles. The van der Waals surface area contributed by atoms with E-state index in [1.54, 1.807) is 12.4 Å². The molecule has 0 aromatic carbocycles. The second-order valence-electron chi connectivity index (χ2n) is 3.51. The molecule has 0 unspecified atom stereocenters. The lowest BCUT2D eigenvalue weighted by Gasteiger charge is -1.96. The van der Waals surface area contributed by atoms with Crippen LogP contribution in [-0.2, 0) is 11.2 Å². The van der Waals surface area contributed by atoms with Crippen molar-refractivity contribution in [2.24, 2.45) is 11.8 Å². The predicted octanol–water partition coefficient (Wildman–Crippen LogP) is 1.34. The highest BCUT2D eigenvalue weighted by Gasteiger charge is 2.42. The molecular formula is C10H11NO2. The SMILES string of the molecule is O=C(O)[C@H]1C[C@@H]1Cc1cccnc1. The number of carbonyl (C=O) groups is 1. The van der Waals surface area contributed by atoms with Crippen molar-refractivity contribution in [1.29, 1.82) is 0 Å². The molecular weight excluding hydrogens is 166 g/mol. The van der Waals surface area contributed by atoms with Gasteiger partial charge in [-0.2, -0.15) is 0 Å². The summed E-state index contributed by atoms with van der Waals surface area (Å²) in [5.41, 5.74) is 1.14. The first kappa shape index (κ1) is 8.23. The first-order valence-electron chi connectivity index (χ1n) is 4.39. The number of rotatable bonds is 3. The molecule has 1 heterocycles. The summed E-state index contributed by atoms with van der Waals surface area (Å²) in [7, 11) is 0. The van der Waals surface area contributed by atoms with Crippen molar-refractivity contribution >= 4 is 5.97 Å². The van der Waals surface area contributed by atoms with Gasteiger partial charge in [-0.05, 0) is 30.4 Å². The third-order valence-corrected chi connectivity index (χ3v) is 2.46. The number of hydrogen-bond donors (Lipinski definition) is 1. The Labute approximate surface area is 76.4 Å². The molecule has 1 aliphatic rings. The first-order valence-corrected chi connectivity index (χ1v) is 4.39. The van der Waals surface area contributed by atoms with Gasteiger partial charge in [-0.3, -0.25) is 9.78 Å². The van der Waals surface area contributed by atoms with Crippen molar-refractivity contribution in [2.75, 3.05) is 0 Å². The van der Waals surface area contributed by atoms with Crippen LogP contribution in [-0.4, -0.2) is 16.1 Å². The standard InChI is InChI=1S/C10H11NO2/c12-10(13)9-5-8(9)4-7-2-1-3-11-6-7/h1-3,6,8-9H,4-5H2,(H,12,13)/t8-,9-/m0/s1. The van der Waals surface area contributed by atoms with Gasteiger partial charge < -0.3 is 5.11 Å². The van der Waals surface area contributed by atoms with Crippen LogP contribution in [0.3, 0.4) is 0 Å². The van der Waals surface area contributed by atoms with Gasteiger partial charge in [0.2, 0.25) is 0 Å². The molecule has 0 saturated heterocycles. The van der Waals surface area contributed by atoms with E-state index in [4.69, 9.17) is 5.11 Å². The minimum absolute atomic E-state index is 0.111. The van der Waals surface area contributed by atoms with E-state index in [1.165, 1.54) is 0 Å². The smallest absolute Gasteiger partial charge is 0.306 e. The van der Waals surface area contributed by atoms with Gasteiger partial charge in [-0.25, -0.2) is 0 Å². The minimum atomic E-state index is -0.658. The molecule has 0 amide bonds. The van der Waals surface area contributed by atoms with E-state index >= 15 is 0 Å². The number of hydrogen-bond acceptors (Lipinski definition) is 2. The molecule has 1 saturated carbocycles. The molecule has 1 aromatic rings. The fourth-order valence-electron chi connectivity index (χ4n) is 1.60. The molecule has 2 atom stereocenters. The molecule has 1 N–H and O–H groups in total. The number of aromatic nitrogens is 1. The van der Waals surface area contributed by atoms with Gasteiger partial charge in [0.1, 0.15) is 0 Å². The van der Waals surface area contributed by atoms with Crippen LogP contribution < -0.4 is 0 Å². The fraction of sp³-hybridized carbons (Fsp3) is 0.400. The van der Waals surface area contributed by atoms with Crippen molar-refractivity contribution in [2.45, 2.75) is 12.8 Å². The van der Waals surface area contributed by atoms with E-state index in [-0.39, 0.29) is 5.92 Å². The zero-order valence-electron chi connectivity index (χ0n) is 7.18. The highest BCUT2D eigenvalue weighted by atomic mass is 16.4. The van der Waals surface area contributed by atoms with Crippen molar-refractivity contribution in [1.82, 2.24) is 4.98 Å². The van der Waals surface area contributed by atoms with Crippen molar-refractivity contribution < 1.29 is 9.90 Å². The van der Waals surface area contributed by atoms with Crippen LogP contribution in [0, 0.1) is 11.8 Å². The van der Waals surface area contributed by atoms with Crippen molar-refractivity contribution in [3.05, 3.63) is 30.1 Å². The Morgan fingerprint density at radius 1 is 1.69 bits per heavy atom. The maximum absolute atomic E-state index is 10.5. The minimum Gasteiger partial charge on any atom is -0.481 e. The third kappa shape index (κ3) is 1.86. The van der Waals surface area contributed by atoms with Crippen molar-refractivity contribution in [3.8, 4) is 0 Å². The lowest BCUT2D eigenvalue weighted by Crippen LogP contribution is -2.01. The summed E-state index contributed by atoms with van der Waals surface area (Å²) in [6.45, 7) is 0. The summed E-state index contributed by atoms with van der Waals surface area (Å²) in [5.74, 6) is -0.434. The second kappa shape index (κ2) is 3.17. The average molecular weight is 177 g/mol. The molecule has 1 fully saturated rings. The normalized spacial score (nSPS) is 25.5. The summed E-state index contributed by atoms with van der Waals surface area (Å²) in [6.07, 6.45) is 5.21. The molecule has 13 heavy (non-hydrogen) atoms. The maximum Gasteiger partial charge on any atom is 0.306 e. The molecule has 68 valence electrons. The van der Waals surface area contributed by atoms with E-state index in [1.807, 2.05) is 12.1 Å². The van der Waals surface area contributed by atoms with Crippen LogP contribution in [0.4, 0.5) is 0 Å². The quantitative estimate of drug-likeness (QED) is 0.758. The molecule has 3 heteroatoms. The van der Waals surface area contributed by atoms with Gasteiger partial charge in [0, 0.05) is 12.4 Å². The topological polar surface area (TPSA) is 50.2 Å². The number of aliphatic carboxylic acids is 1. The lowest BCUT2D eigenvalue weighted by atomic mass is 10.1. The van der Waals surface area contributed by atoms with Gasteiger partial charge in [0.15, 0.2) is 0 Å². The fourth-order valence-corrected chi connectivity index (χ4v) is 1.60. The molecule has 2 rings (SSSR count). The Bertz CT molecular complexity index is 310. The molecule has 0 spiro atoms. The average Bonchev–Trinajstić information content (AvgIpc) is 2.86. The lowest BCUT2D eigenvalue weighted by molar-refractivity contribution is -0.138. The molecule has 0 radical (unpaired) electrons. The van der Waals surface area contributed by atoms with Gasteiger partial charge in [0.25, 0.3) is 0 Å². The van der Waals surface area contributed by atoms with Crippen LogP contribution in [0.5, 0.6) is 0 Å². The Morgan fingerprint density at radius 2 is 2.54 bits per heavy atom. The third-order valence-electron chi connectivity index (χ3n) is 2.46. The predicted molar refractivity (Wildman–Crippen MR) is 47.2 cm³/mol. The van der Waals surface area contributed by atoms with Gasteiger partial charge in [-0.15, -0.1) is 0 Å². The molecule has 1 aromatic heterocycles. The van der Waals surface area contributed by atoms with Gasteiger partial charge in [-0.1, -0.05) is 6.07 Å². The van der Waals surface area contributed by atoms with Crippen LogP contribution in [0.2, 0.25) is 0 Å². The zero-order chi connectivity index (χ0) is 9.26. The van der Waals surface area contributed by atoms with Gasteiger partial charge >= 0.3 is 5.97 Å². The van der Waals surface area contributed by atoms with Crippen LogP contribution >= 0.6 is 0 Å². The number of pyridine rings is 1. The molecule has 1 aliphatic carbocycles. The Balaban J connectivity index is 1.92. The van der Waals surface area contributed by atoms with Gasteiger partial charge in [0.05, 0.1) is 5.92 Å². The van der Waals surface area contributed by atoms with E-state index in [9.17, 15) is 4.79 Å². The Kier molecular flexibility index (Phi) is 2.00. The zero-order valence-corrected chi connectivity index (χ0v) is 7.18. The summed E-state index contributed by atoms with van der Waals surface area (Å²) < 4.78 is 0. The Morgan fingerprint density at radius 3 is 3.08 bits per heavy atom. The summed E-state index contributed by atoms with van der Waals surface area (Å²) in [6, 6.07) is 3.87. The largest absolute Gasteiger partial charge is 0.481 e. The summed E-state index contributed by atoms with van der Waals surface area (Å²) in [5, 5.41) is 8.69. The molecule has 3 nitrogen and oxygen atoms in total. The number of nitrogens with zero attached hydrogens (tertiary/aromatic N) is 1. The summed E-state index contributed by atoms with van der Waals surface area (Å²) >= 11 is 0. The van der Waals surface area contributed by atoms with Crippen LogP contribution in [0.15, 0.2) is 24.5 Å². The Hall–Kier alpha value is -1.38. The monoisotopic (exact) mass is 177 g/mol. The maximum atomic E-state index is 10.5. The highest BCUT2D eigenvalue weighted by molar-refractivity contribution is 5.73. The summed E-state index contributed by atoms with van der Waals surface area (Å²) in [4.78, 5) is 14.5. The van der Waals surface area contributed by atoms with Crippen molar-refractivity contribution in [3.63, 3.8) is 0 Å². The van der Waals surface area contributed by atoms with Crippen LogP contribution in [0.25, 0.3) is 0 Å². The van der Waals surface area contributed by atoms with E-state index in [0.29, 0.717) is 5.92 Å². The number of carboxylic acid groups (broad SMARTS) is 1. The molecule has 0 bridgehead atoms.